The standard InChI is InChI=1S/C16H22N2O4S/c1-10(9-22-3)17-23(20,21)13-7-12-5-4-6-18-15(12)14(8-13)11(2)16(18)19/h7-8,10-11,17H,4-6,9H2,1-3H3/t10-,11-/m1/s1. The van der Waals surface area contributed by atoms with Crippen molar-refractivity contribution in [2.24, 2.45) is 0 Å². The van der Waals surface area contributed by atoms with E-state index in [1.54, 1.807) is 24.0 Å². The molecule has 0 saturated heterocycles. The number of methoxy groups -OCH3 is 1. The molecule has 0 unspecified atom stereocenters. The van der Waals surface area contributed by atoms with Gasteiger partial charge in [0, 0.05) is 19.7 Å². The summed E-state index contributed by atoms with van der Waals surface area (Å²) in [5.41, 5.74) is 2.70. The number of hydrogen-bond donors (Lipinski definition) is 1. The number of amides is 1. The summed E-state index contributed by atoms with van der Waals surface area (Å²) in [6.07, 6.45) is 1.66. The lowest BCUT2D eigenvalue weighted by atomic mass is 9.97. The molecule has 7 heteroatoms. The number of ether oxygens (including phenoxy) is 1. The molecule has 0 bridgehead atoms. The van der Waals surface area contributed by atoms with E-state index >= 15 is 0 Å². The minimum atomic E-state index is -3.63. The molecule has 0 radical (unpaired) electrons. The number of carbonyl (C=O) groups is 1. The summed E-state index contributed by atoms with van der Waals surface area (Å²) in [5, 5.41) is 0. The molecule has 0 aliphatic carbocycles. The second kappa shape index (κ2) is 5.89. The van der Waals surface area contributed by atoms with E-state index in [2.05, 4.69) is 4.72 Å². The van der Waals surface area contributed by atoms with Gasteiger partial charge in [-0.05, 0) is 49.9 Å². The smallest absolute Gasteiger partial charge is 0.240 e. The molecule has 0 saturated carbocycles. The van der Waals surface area contributed by atoms with Gasteiger partial charge in [-0.15, -0.1) is 0 Å². The first kappa shape index (κ1) is 16.4. The van der Waals surface area contributed by atoms with E-state index in [0.717, 1.165) is 36.2 Å². The number of sulfonamides is 1. The molecule has 1 amide bonds. The number of carbonyl (C=O) groups excluding carboxylic acids is 1. The molecule has 126 valence electrons. The summed E-state index contributed by atoms with van der Waals surface area (Å²) < 4.78 is 32.8. The second-order valence-corrected chi connectivity index (χ2v) is 8.03. The average Bonchev–Trinajstić information content (AvgIpc) is 2.74. The van der Waals surface area contributed by atoms with Crippen molar-refractivity contribution >= 4 is 21.6 Å². The number of nitrogens with zero attached hydrogens (tertiary/aromatic N) is 1. The first-order valence-electron chi connectivity index (χ1n) is 7.84. The summed E-state index contributed by atoms with van der Waals surface area (Å²) in [5.74, 6) is -0.218. The van der Waals surface area contributed by atoms with Crippen LogP contribution in [0.1, 0.15) is 37.3 Å². The van der Waals surface area contributed by atoms with Gasteiger partial charge in [0.05, 0.1) is 23.1 Å². The zero-order valence-corrected chi connectivity index (χ0v) is 14.4. The van der Waals surface area contributed by atoms with E-state index in [4.69, 9.17) is 4.74 Å². The van der Waals surface area contributed by atoms with Crippen LogP contribution in [0.4, 0.5) is 5.69 Å². The maximum atomic E-state index is 12.6. The Hall–Kier alpha value is -1.44. The van der Waals surface area contributed by atoms with Crippen LogP contribution >= 0.6 is 0 Å². The highest BCUT2D eigenvalue weighted by atomic mass is 32.2. The molecule has 0 aromatic heterocycles. The highest BCUT2D eigenvalue weighted by molar-refractivity contribution is 7.89. The summed E-state index contributed by atoms with van der Waals surface area (Å²) in [4.78, 5) is 14.4. The van der Waals surface area contributed by atoms with Crippen molar-refractivity contribution < 1.29 is 17.9 Å². The van der Waals surface area contributed by atoms with E-state index in [1.807, 2.05) is 6.92 Å². The summed E-state index contributed by atoms with van der Waals surface area (Å²) in [7, 11) is -2.10. The van der Waals surface area contributed by atoms with E-state index in [-0.39, 0.29) is 22.8 Å². The summed E-state index contributed by atoms with van der Waals surface area (Å²) in [6.45, 7) is 4.62. The van der Waals surface area contributed by atoms with Gasteiger partial charge in [0.15, 0.2) is 0 Å². The molecular weight excluding hydrogens is 316 g/mol. The third kappa shape index (κ3) is 2.77. The molecule has 6 nitrogen and oxygen atoms in total. The average molecular weight is 338 g/mol. The fourth-order valence-electron chi connectivity index (χ4n) is 3.44. The fourth-order valence-corrected chi connectivity index (χ4v) is 4.75. The van der Waals surface area contributed by atoms with E-state index < -0.39 is 10.0 Å². The Balaban J connectivity index is 2.02. The van der Waals surface area contributed by atoms with Crippen molar-refractivity contribution in [1.82, 2.24) is 4.72 Å². The Morgan fingerprint density at radius 2 is 2.17 bits per heavy atom. The number of benzene rings is 1. The van der Waals surface area contributed by atoms with Gasteiger partial charge in [0.25, 0.3) is 0 Å². The Morgan fingerprint density at radius 1 is 1.43 bits per heavy atom. The topological polar surface area (TPSA) is 75.7 Å². The van der Waals surface area contributed by atoms with Crippen LogP contribution in [0.2, 0.25) is 0 Å². The normalized spacial score (nSPS) is 21.4. The molecule has 3 rings (SSSR count). The van der Waals surface area contributed by atoms with Crippen LogP contribution in [0, 0.1) is 0 Å². The Kier molecular flexibility index (Phi) is 4.20. The molecule has 1 aromatic carbocycles. The van der Waals surface area contributed by atoms with E-state index in [9.17, 15) is 13.2 Å². The quantitative estimate of drug-likeness (QED) is 0.880. The van der Waals surface area contributed by atoms with Crippen LogP contribution in [0.15, 0.2) is 17.0 Å². The predicted molar refractivity (Wildman–Crippen MR) is 87.2 cm³/mol. The van der Waals surface area contributed by atoms with Gasteiger partial charge in [-0.1, -0.05) is 0 Å². The highest BCUT2D eigenvalue weighted by Gasteiger charge is 2.38. The van der Waals surface area contributed by atoms with Crippen LogP contribution in [0.25, 0.3) is 0 Å². The molecule has 0 fully saturated rings. The SMILES string of the molecule is COC[C@@H](C)NS(=O)(=O)c1cc2c3c(c1)[C@@H](C)C(=O)N3CCC2. The van der Waals surface area contributed by atoms with E-state index in [0.29, 0.717) is 6.61 Å². The van der Waals surface area contributed by atoms with Crippen LogP contribution < -0.4 is 9.62 Å². The summed E-state index contributed by atoms with van der Waals surface area (Å²) in [6, 6.07) is 3.04. The first-order chi connectivity index (χ1) is 10.8. The first-order valence-corrected chi connectivity index (χ1v) is 9.33. The maximum absolute atomic E-state index is 12.6. The van der Waals surface area contributed by atoms with Crippen molar-refractivity contribution in [3.8, 4) is 0 Å². The third-order valence-electron chi connectivity index (χ3n) is 4.48. The monoisotopic (exact) mass is 338 g/mol. The van der Waals surface area contributed by atoms with Crippen molar-refractivity contribution in [3.05, 3.63) is 23.3 Å². The van der Waals surface area contributed by atoms with Crippen LogP contribution in [-0.4, -0.2) is 40.6 Å². The lowest BCUT2D eigenvalue weighted by molar-refractivity contribution is -0.119. The van der Waals surface area contributed by atoms with E-state index in [1.165, 1.54) is 7.11 Å². The second-order valence-electron chi connectivity index (χ2n) is 6.31. The molecule has 1 aromatic rings. The predicted octanol–water partition coefficient (Wildman–Crippen LogP) is 1.40. The van der Waals surface area contributed by atoms with Gasteiger partial charge in [-0.3, -0.25) is 4.79 Å². The molecule has 2 aliphatic rings. The minimum absolute atomic E-state index is 0.0659. The number of anilines is 1. The largest absolute Gasteiger partial charge is 0.383 e. The van der Waals surface area contributed by atoms with Gasteiger partial charge < -0.3 is 9.64 Å². The Bertz CT molecular complexity index is 745. The maximum Gasteiger partial charge on any atom is 0.240 e. The highest BCUT2D eigenvalue weighted by Crippen LogP contribution is 2.43. The Labute approximate surface area is 136 Å². The molecule has 0 spiro atoms. The number of aryl methyl sites for hydroxylation is 1. The zero-order valence-electron chi connectivity index (χ0n) is 13.6. The van der Waals surface area contributed by atoms with Crippen LogP contribution in [0.5, 0.6) is 0 Å². The third-order valence-corrected chi connectivity index (χ3v) is 6.04. The lowest BCUT2D eigenvalue weighted by Gasteiger charge is -2.26. The number of hydrogen-bond acceptors (Lipinski definition) is 4. The summed E-state index contributed by atoms with van der Waals surface area (Å²) >= 11 is 0. The Morgan fingerprint density at radius 3 is 2.87 bits per heavy atom. The van der Waals surface area contributed by atoms with Crippen molar-refractivity contribution in [1.29, 1.82) is 0 Å². The molecule has 2 atom stereocenters. The van der Waals surface area contributed by atoms with Gasteiger partial charge in [0.2, 0.25) is 15.9 Å². The minimum Gasteiger partial charge on any atom is -0.383 e. The zero-order chi connectivity index (χ0) is 16.8. The van der Waals surface area contributed by atoms with Gasteiger partial charge in [-0.2, -0.15) is 0 Å². The van der Waals surface area contributed by atoms with Crippen LogP contribution in [-0.2, 0) is 26.0 Å². The fraction of sp³-hybridized carbons (Fsp3) is 0.562. The van der Waals surface area contributed by atoms with Gasteiger partial charge >= 0.3 is 0 Å². The molecule has 1 N–H and O–H groups in total. The van der Waals surface area contributed by atoms with Gasteiger partial charge in [-0.25, -0.2) is 13.1 Å². The van der Waals surface area contributed by atoms with Crippen molar-refractivity contribution in [2.45, 2.75) is 43.5 Å². The number of rotatable bonds is 5. The molecule has 2 aliphatic heterocycles. The lowest BCUT2D eigenvalue weighted by Crippen LogP contribution is -2.36. The van der Waals surface area contributed by atoms with Crippen molar-refractivity contribution in [3.63, 3.8) is 0 Å². The number of nitrogens with one attached hydrogen (secondary N) is 1. The molecule has 23 heavy (non-hydrogen) atoms. The molecular formula is C16H22N2O4S. The van der Waals surface area contributed by atoms with Crippen LogP contribution in [0.3, 0.4) is 0 Å². The molecule has 2 heterocycles. The van der Waals surface area contributed by atoms with Crippen molar-refractivity contribution in [2.75, 3.05) is 25.2 Å². The van der Waals surface area contributed by atoms with Gasteiger partial charge in [0.1, 0.15) is 0 Å².